The summed E-state index contributed by atoms with van der Waals surface area (Å²) < 4.78 is -1.03. The Morgan fingerprint density at radius 1 is 1.64 bits per heavy atom. The van der Waals surface area contributed by atoms with Crippen LogP contribution in [0.25, 0.3) is 0 Å². The van der Waals surface area contributed by atoms with E-state index >= 15 is 0 Å². The van der Waals surface area contributed by atoms with Crippen molar-refractivity contribution >= 4 is 36.3 Å². The largest absolute Gasteiger partial charge is 0.480 e. The number of thioether (sulfide) groups is 1. The Bertz CT molecular complexity index is 231. The molecule has 0 amide bonds. The number of hydrogen-bond donors (Lipinski definition) is 4. The number of hydrogen-bond acceptors (Lipinski definition) is 4. The van der Waals surface area contributed by atoms with Gasteiger partial charge in [-0.25, -0.2) is 0 Å². The molecule has 14 heavy (non-hydrogen) atoms. The molecule has 0 bridgehead atoms. The van der Waals surface area contributed by atoms with Crippen molar-refractivity contribution in [2.24, 2.45) is 16.5 Å². The van der Waals surface area contributed by atoms with Crippen LogP contribution in [0.5, 0.6) is 0 Å². The smallest absolute Gasteiger partial charge is 0.322 e. The van der Waals surface area contributed by atoms with Crippen LogP contribution in [0.1, 0.15) is 6.92 Å². The Labute approximate surface area is 92.7 Å². The number of nitrogens with zero attached hydrogens (tertiary/aromatic N) is 1. The predicted molar refractivity (Wildman–Crippen MR) is 63.0 cm³/mol. The fourth-order valence-corrected chi connectivity index (χ4v) is 2.27. The van der Waals surface area contributed by atoms with Crippen LogP contribution in [-0.2, 0) is 4.79 Å². The minimum atomic E-state index is -1.03. The summed E-state index contributed by atoms with van der Waals surface area (Å²) in [5.41, 5.74) is 10.3. The highest BCUT2D eigenvalue weighted by atomic mass is 32.2. The summed E-state index contributed by atoms with van der Waals surface area (Å²) in [6.45, 7) is 1.92. The van der Waals surface area contributed by atoms with Gasteiger partial charge in [0.2, 0.25) is 0 Å². The molecule has 0 aromatic heterocycles. The highest BCUT2D eigenvalue weighted by molar-refractivity contribution is 8.02. The number of rotatable bonds is 6. The highest BCUT2D eigenvalue weighted by Crippen LogP contribution is 2.27. The first-order valence-electron chi connectivity index (χ1n) is 4.02. The lowest BCUT2D eigenvalue weighted by molar-refractivity contribution is -0.138. The molecule has 0 aromatic carbocycles. The molecule has 5 N–H and O–H groups in total. The van der Waals surface area contributed by atoms with Crippen LogP contribution in [0.2, 0.25) is 0 Å². The number of aliphatic carboxylic acids is 1. The van der Waals surface area contributed by atoms with Gasteiger partial charge in [-0.2, -0.15) is 12.6 Å². The van der Waals surface area contributed by atoms with Crippen LogP contribution in [-0.4, -0.2) is 39.8 Å². The van der Waals surface area contributed by atoms with E-state index in [2.05, 4.69) is 17.6 Å². The summed E-state index contributed by atoms with van der Waals surface area (Å²) in [5.74, 6) is -0.178. The van der Waals surface area contributed by atoms with E-state index in [0.717, 1.165) is 0 Å². The first kappa shape index (κ1) is 13.4. The molecule has 0 radical (unpaired) electrons. The predicted octanol–water partition coefficient (Wildman–Crippen LogP) is -0.234. The molecule has 7 heteroatoms. The van der Waals surface area contributed by atoms with Crippen molar-refractivity contribution in [1.82, 2.24) is 0 Å². The highest BCUT2D eigenvalue weighted by Gasteiger charge is 2.37. The van der Waals surface area contributed by atoms with Gasteiger partial charge in [0.05, 0.1) is 6.54 Å². The monoisotopic (exact) mass is 237 g/mol. The maximum Gasteiger partial charge on any atom is 0.322 e. The van der Waals surface area contributed by atoms with Crippen LogP contribution in [0.15, 0.2) is 4.99 Å². The second-order valence-electron chi connectivity index (χ2n) is 2.63. The van der Waals surface area contributed by atoms with Gasteiger partial charge in [-0.3, -0.25) is 9.79 Å². The van der Waals surface area contributed by atoms with Gasteiger partial charge in [0.15, 0.2) is 5.96 Å². The molecule has 1 unspecified atom stereocenters. The summed E-state index contributed by atoms with van der Waals surface area (Å²) in [7, 11) is 0. The first-order chi connectivity index (χ1) is 6.48. The minimum absolute atomic E-state index is 0.0483. The van der Waals surface area contributed by atoms with Crippen LogP contribution in [0.3, 0.4) is 0 Å². The molecule has 0 fully saturated rings. The van der Waals surface area contributed by atoms with Crippen molar-refractivity contribution in [3.05, 3.63) is 0 Å². The van der Waals surface area contributed by atoms with E-state index in [9.17, 15) is 4.79 Å². The van der Waals surface area contributed by atoms with Gasteiger partial charge in [-0.15, -0.1) is 11.8 Å². The van der Waals surface area contributed by atoms with Crippen LogP contribution >= 0.6 is 24.4 Å². The van der Waals surface area contributed by atoms with Crippen LogP contribution < -0.4 is 11.5 Å². The van der Waals surface area contributed by atoms with E-state index < -0.39 is 10.7 Å². The summed E-state index contributed by atoms with van der Waals surface area (Å²) in [6, 6.07) is 0. The zero-order valence-corrected chi connectivity index (χ0v) is 9.65. The fraction of sp³-hybridized carbons (Fsp3) is 0.714. The molecule has 0 spiro atoms. The zero-order chi connectivity index (χ0) is 11.2. The van der Waals surface area contributed by atoms with E-state index in [4.69, 9.17) is 16.6 Å². The standard InChI is InChI=1S/C7H15N3O2S2/c1-2-14-7(4-13,5(11)12)3-10-6(8)9/h13H,2-4H2,1H3,(H,11,12)(H4,8,9,10). The molecular formula is C7H15N3O2S2. The normalized spacial score (nSPS) is 14.4. The van der Waals surface area contributed by atoms with Gasteiger partial charge >= 0.3 is 5.97 Å². The van der Waals surface area contributed by atoms with Gasteiger partial charge in [-0.05, 0) is 5.75 Å². The number of carboxylic acids is 1. The second-order valence-corrected chi connectivity index (χ2v) is 4.60. The Morgan fingerprint density at radius 3 is 2.50 bits per heavy atom. The average molecular weight is 237 g/mol. The number of nitrogens with two attached hydrogens (primary N) is 2. The maximum atomic E-state index is 11.0. The van der Waals surface area contributed by atoms with E-state index in [1.54, 1.807) is 0 Å². The van der Waals surface area contributed by atoms with Gasteiger partial charge in [-0.1, -0.05) is 6.92 Å². The van der Waals surface area contributed by atoms with Crippen molar-refractivity contribution in [3.8, 4) is 0 Å². The molecule has 0 heterocycles. The molecule has 1 atom stereocenters. The Morgan fingerprint density at radius 2 is 2.21 bits per heavy atom. The summed E-state index contributed by atoms with van der Waals surface area (Å²) >= 11 is 5.30. The van der Waals surface area contributed by atoms with Crippen LogP contribution in [0.4, 0.5) is 0 Å². The lowest BCUT2D eigenvalue weighted by atomic mass is 10.2. The van der Waals surface area contributed by atoms with E-state index in [0.29, 0.717) is 5.75 Å². The minimum Gasteiger partial charge on any atom is -0.480 e. The third-order valence-electron chi connectivity index (χ3n) is 1.58. The van der Waals surface area contributed by atoms with E-state index in [-0.39, 0.29) is 18.3 Å². The Kier molecular flexibility index (Phi) is 5.78. The maximum absolute atomic E-state index is 11.0. The van der Waals surface area contributed by atoms with Crippen LogP contribution in [0, 0.1) is 0 Å². The first-order valence-corrected chi connectivity index (χ1v) is 5.64. The van der Waals surface area contributed by atoms with Gasteiger partial charge in [0.25, 0.3) is 0 Å². The molecule has 0 aliphatic rings. The average Bonchev–Trinajstić information content (AvgIpc) is 2.11. The van der Waals surface area contributed by atoms with Crippen molar-refractivity contribution in [2.75, 3.05) is 18.1 Å². The Balaban J connectivity index is 4.67. The number of carbonyl (C=O) groups is 1. The van der Waals surface area contributed by atoms with Gasteiger partial charge < -0.3 is 16.6 Å². The molecule has 0 saturated carbocycles. The fourth-order valence-electron chi connectivity index (χ4n) is 0.834. The molecule has 0 aromatic rings. The Hall–Kier alpha value is -0.560. The van der Waals surface area contributed by atoms with E-state index in [1.165, 1.54) is 11.8 Å². The third-order valence-corrected chi connectivity index (χ3v) is 3.63. The molecule has 0 rings (SSSR count). The zero-order valence-electron chi connectivity index (χ0n) is 7.93. The van der Waals surface area contributed by atoms with Gasteiger partial charge in [0.1, 0.15) is 4.75 Å². The van der Waals surface area contributed by atoms with Crippen molar-refractivity contribution < 1.29 is 9.90 Å². The topological polar surface area (TPSA) is 102 Å². The molecule has 0 aliphatic carbocycles. The van der Waals surface area contributed by atoms with Crippen molar-refractivity contribution in [3.63, 3.8) is 0 Å². The molecule has 0 aliphatic heterocycles. The molecule has 0 saturated heterocycles. The number of carboxylic acid groups (broad SMARTS) is 1. The van der Waals surface area contributed by atoms with E-state index in [1.807, 2.05) is 6.92 Å². The summed E-state index contributed by atoms with van der Waals surface area (Å²) in [5, 5.41) is 9.05. The third kappa shape index (κ3) is 3.67. The summed E-state index contributed by atoms with van der Waals surface area (Å²) in [6.07, 6.45) is 0. The number of guanidine groups is 1. The number of thiol groups is 1. The lowest BCUT2D eigenvalue weighted by Gasteiger charge is -2.24. The molecule has 82 valence electrons. The molecule has 5 nitrogen and oxygen atoms in total. The quantitative estimate of drug-likeness (QED) is 0.290. The second kappa shape index (κ2) is 6.02. The van der Waals surface area contributed by atoms with Gasteiger partial charge in [0, 0.05) is 5.75 Å². The SMILES string of the molecule is CCSC(CS)(CN=C(N)N)C(=O)O. The van der Waals surface area contributed by atoms with Crippen molar-refractivity contribution in [1.29, 1.82) is 0 Å². The summed E-state index contributed by atoms with van der Waals surface area (Å²) in [4.78, 5) is 14.8. The molecular weight excluding hydrogens is 222 g/mol. The van der Waals surface area contributed by atoms with Crippen molar-refractivity contribution in [2.45, 2.75) is 11.7 Å². The lowest BCUT2D eigenvalue weighted by Crippen LogP contribution is -2.42. The number of aliphatic imine (C=N–C) groups is 1.